The number of hydrogen-bond acceptors (Lipinski definition) is 1. The lowest BCUT2D eigenvalue weighted by Crippen LogP contribution is -1.95. The molecule has 0 N–H and O–H groups in total. The molecule has 0 spiro atoms. The van der Waals surface area contributed by atoms with E-state index in [-0.39, 0.29) is 4.83 Å². The van der Waals surface area contributed by atoms with Crippen LogP contribution in [-0.2, 0) is 0 Å². The highest BCUT2D eigenvalue weighted by molar-refractivity contribution is 9.10. The smallest absolute Gasteiger partial charge is 0.133 e. The maximum Gasteiger partial charge on any atom is 0.133 e. The quantitative estimate of drug-likeness (QED) is 0.579. The zero-order valence-electron chi connectivity index (χ0n) is 10.6. The maximum atomic E-state index is 6.06. The summed E-state index contributed by atoms with van der Waals surface area (Å²) in [6.45, 7) is 2.01. The minimum atomic E-state index is 0.130. The molecule has 0 saturated heterocycles. The molecule has 100 valence electrons. The van der Waals surface area contributed by atoms with Crippen LogP contribution >= 0.6 is 43.5 Å². The summed E-state index contributed by atoms with van der Waals surface area (Å²) in [5, 5.41) is 0.791. The Bertz CT molecular complexity index is 599. The SMILES string of the molecule is COc1ccc(C(Br)c2ccc(Cl)c(C)c2)cc1Br. The topological polar surface area (TPSA) is 9.23 Å². The zero-order valence-corrected chi connectivity index (χ0v) is 14.5. The zero-order chi connectivity index (χ0) is 14.0. The first-order chi connectivity index (χ1) is 9.02. The Balaban J connectivity index is 2.35. The fourth-order valence-corrected chi connectivity index (χ4v) is 3.10. The van der Waals surface area contributed by atoms with Gasteiger partial charge in [0.1, 0.15) is 5.75 Å². The molecule has 0 aromatic heterocycles. The van der Waals surface area contributed by atoms with Crippen molar-refractivity contribution < 1.29 is 4.74 Å². The molecular formula is C15H13Br2ClO. The second-order valence-electron chi connectivity index (χ2n) is 4.27. The van der Waals surface area contributed by atoms with E-state index in [0.29, 0.717) is 0 Å². The maximum absolute atomic E-state index is 6.06. The van der Waals surface area contributed by atoms with Crippen LogP contribution < -0.4 is 4.74 Å². The predicted octanol–water partition coefficient (Wildman–Crippen LogP) is 5.90. The van der Waals surface area contributed by atoms with E-state index in [1.807, 2.05) is 31.2 Å². The van der Waals surface area contributed by atoms with Crippen LogP contribution in [0.5, 0.6) is 5.75 Å². The molecule has 4 heteroatoms. The number of benzene rings is 2. The average Bonchev–Trinajstić information content (AvgIpc) is 2.41. The number of hydrogen-bond donors (Lipinski definition) is 0. The van der Waals surface area contributed by atoms with Gasteiger partial charge >= 0.3 is 0 Å². The third-order valence-electron chi connectivity index (χ3n) is 2.94. The molecule has 0 aliphatic heterocycles. The predicted molar refractivity (Wildman–Crippen MR) is 87.7 cm³/mol. The Morgan fingerprint density at radius 1 is 1.11 bits per heavy atom. The number of halogens is 3. The molecule has 0 saturated carbocycles. The van der Waals surface area contributed by atoms with Crippen LogP contribution in [0.15, 0.2) is 40.9 Å². The second-order valence-corrected chi connectivity index (χ2v) is 6.44. The highest BCUT2D eigenvalue weighted by Crippen LogP contribution is 2.36. The van der Waals surface area contributed by atoms with Crippen molar-refractivity contribution in [1.82, 2.24) is 0 Å². The standard InChI is InChI=1S/C15H13Br2ClO/c1-9-7-10(3-5-13(9)18)15(17)11-4-6-14(19-2)12(16)8-11/h3-8,15H,1-2H3. The molecule has 0 aliphatic carbocycles. The van der Waals surface area contributed by atoms with Crippen molar-refractivity contribution in [2.24, 2.45) is 0 Å². The fraction of sp³-hybridized carbons (Fsp3) is 0.200. The van der Waals surface area contributed by atoms with Gasteiger partial charge in [-0.15, -0.1) is 0 Å². The number of methoxy groups -OCH3 is 1. The van der Waals surface area contributed by atoms with Crippen molar-refractivity contribution in [3.8, 4) is 5.75 Å². The van der Waals surface area contributed by atoms with Gasteiger partial charge in [0, 0.05) is 5.02 Å². The van der Waals surface area contributed by atoms with Gasteiger partial charge in [-0.25, -0.2) is 0 Å². The van der Waals surface area contributed by atoms with Crippen molar-refractivity contribution in [2.75, 3.05) is 7.11 Å². The minimum absolute atomic E-state index is 0.130. The summed E-state index contributed by atoms with van der Waals surface area (Å²) in [6.07, 6.45) is 0. The van der Waals surface area contributed by atoms with Crippen molar-refractivity contribution in [3.05, 3.63) is 62.6 Å². The summed E-state index contributed by atoms with van der Waals surface area (Å²) in [7, 11) is 1.66. The van der Waals surface area contributed by atoms with Gasteiger partial charge in [0.25, 0.3) is 0 Å². The summed E-state index contributed by atoms with van der Waals surface area (Å²) in [4.78, 5) is 0.130. The summed E-state index contributed by atoms with van der Waals surface area (Å²) in [6, 6.07) is 12.1. The number of alkyl halides is 1. The van der Waals surface area contributed by atoms with E-state index in [2.05, 4.69) is 44.0 Å². The Hall–Kier alpha value is -0.510. The lowest BCUT2D eigenvalue weighted by molar-refractivity contribution is 0.412. The largest absolute Gasteiger partial charge is 0.496 e. The fourth-order valence-electron chi connectivity index (χ4n) is 1.86. The number of ether oxygens (including phenoxy) is 1. The molecule has 0 amide bonds. The third-order valence-corrected chi connectivity index (χ3v) is 5.04. The first-order valence-corrected chi connectivity index (χ1v) is 7.85. The molecule has 19 heavy (non-hydrogen) atoms. The Morgan fingerprint density at radius 3 is 2.32 bits per heavy atom. The van der Waals surface area contributed by atoms with Crippen molar-refractivity contribution >= 4 is 43.5 Å². The van der Waals surface area contributed by atoms with Crippen LogP contribution in [0.4, 0.5) is 0 Å². The molecule has 2 rings (SSSR count). The van der Waals surface area contributed by atoms with E-state index >= 15 is 0 Å². The number of aryl methyl sites for hydroxylation is 1. The van der Waals surface area contributed by atoms with E-state index in [4.69, 9.17) is 16.3 Å². The molecule has 1 atom stereocenters. The molecule has 0 heterocycles. The normalized spacial score (nSPS) is 12.3. The van der Waals surface area contributed by atoms with E-state index in [9.17, 15) is 0 Å². The molecular weight excluding hydrogens is 391 g/mol. The first-order valence-electron chi connectivity index (χ1n) is 5.76. The molecule has 2 aromatic carbocycles. The molecule has 1 unspecified atom stereocenters. The Labute approximate surface area is 135 Å². The molecule has 2 aromatic rings. The lowest BCUT2D eigenvalue weighted by Gasteiger charge is -2.14. The minimum Gasteiger partial charge on any atom is -0.496 e. The van der Waals surface area contributed by atoms with Gasteiger partial charge < -0.3 is 4.74 Å². The molecule has 0 radical (unpaired) electrons. The van der Waals surface area contributed by atoms with Gasteiger partial charge in [0.05, 0.1) is 16.4 Å². The van der Waals surface area contributed by atoms with Crippen LogP contribution in [0.25, 0.3) is 0 Å². The van der Waals surface area contributed by atoms with Gasteiger partial charge in [-0.2, -0.15) is 0 Å². The van der Waals surface area contributed by atoms with Crippen molar-refractivity contribution in [3.63, 3.8) is 0 Å². The van der Waals surface area contributed by atoms with Crippen LogP contribution in [0.3, 0.4) is 0 Å². The van der Waals surface area contributed by atoms with Crippen LogP contribution in [0, 0.1) is 6.92 Å². The highest BCUT2D eigenvalue weighted by atomic mass is 79.9. The molecule has 1 nitrogen and oxygen atoms in total. The monoisotopic (exact) mass is 402 g/mol. The summed E-state index contributed by atoms with van der Waals surface area (Å²) in [5.41, 5.74) is 3.42. The molecule has 0 aliphatic rings. The van der Waals surface area contributed by atoms with Crippen LogP contribution in [0.2, 0.25) is 5.02 Å². The first kappa shape index (κ1) is 14.9. The highest BCUT2D eigenvalue weighted by Gasteiger charge is 2.13. The van der Waals surface area contributed by atoms with E-state index in [1.165, 1.54) is 5.56 Å². The Kier molecular flexibility index (Phi) is 4.93. The van der Waals surface area contributed by atoms with Crippen molar-refractivity contribution in [2.45, 2.75) is 11.8 Å². The molecule has 0 fully saturated rings. The summed E-state index contributed by atoms with van der Waals surface area (Å²) >= 11 is 13.3. The van der Waals surface area contributed by atoms with Crippen LogP contribution in [0.1, 0.15) is 21.5 Å². The summed E-state index contributed by atoms with van der Waals surface area (Å²) < 4.78 is 6.19. The van der Waals surface area contributed by atoms with E-state index in [0.717, 1.165) is 26.4 Å². The third kappa shape index (κ3) is 3.33. The molecule has 0 bridgehead atoms. The second kappa shape index (κ2) is 6.29. The van der Waals surface area contributed by atoms with E-state index < -0.39 is 0 Å². The van der Waals surface area contributed by atoms with Gasteiger partial charge in [-0.1, -0.05) is 45.7 Å². The van der Waals surface area contributed by atoms with Gasteiger partial charge in [-0.3, -0.25) is 0 Å². The lowest BCUT2D eigenvalue weighted by atomic mass is 10.0. The number of rotatable bonds is 3. The van der Waals surface area contributed by atoms with Crippen molar-refractivity contribution in [1.29, 1.82) is 0 Å². The van der Waals surface area contributed by atoms with Crippen LogP contribution in [-0.4, -0.2) is 7.11 Å². The van der Waals surface area contributed by atoms with Gasteiger partial charge in [0.2, 0.25) is 0 Å². The van der Waals surface area contributed by atoms with E-state index in [1.54, 1.807) is 7.11 Å². The summed E-state index contributed by atoms with van der Waals surface area (Å²) in [5.74, 6) is 0.829. The van der Waals surface area contributed by atoms with Gasteiger partial charge in [-0.05, 0) is 57.7 Å². The Morgan fingerprint density at radius 2 is 1.74 bits per heavy atom. The van der Waals surface area contributed by atoms with Gasteiger partial charge in [0.15, 0.2) is 0 Å². The average molecular weight is 405 g/mol.